The molecule has 0 radical (unpaired) electrons. The second-order valence-corrected chi connectivity index (χ2v) is 7.56. The summed E-state index contributed by atoms with van der Waals surface area (Å²) in [6, 6.07) is 13.4. The summed E-state index contributed by atoms with van der Waals surface area (Å²) in [6.45, 7) is 4.24. The van der Waals surface area contributed by atoms with Gasteiger partial charge in [0, 0.05) is 24.2 Å². The maximum absolute atomic E-state index is 10.7. The van der Waals surface area contributed by atoms with Gasteiger partial charge in [-0.05, 0) is 49.9 Å². The molecule has 2 aromatic rings. The Morgan fingerprint density at radius 1 is 1.09 bits per heavy atom. The van der Waals surface area contributed by atoms with Crippen molar-refractivity contribution in [1.82, 2.24) is 10.6 Å². The molecule has 176 valence electrons. The van der Waals surface area contributed by atoms with Crippen molar-refractivity contribution in [3.8, 4) is 17.2 Å². The number of hydrogen-bond donors (Lipinski definition) is 3. The summed E-state index contributed by atoms with van der Waals surface area (Å²) in [7, 11) is 3.18. The third-order valence-corrected chi connectivity index (χ3v) is 5.15. The molecule has 8 heteroatoms. The lowest BCUT2D eigenvalue weighted by Gasteiger charge is -2.18. The number of aliphatic imine (C=N–C) groups is 1. The zero-order valence-electron chi connectivity index (χ0n) is 19.0. The molecule has 0 aromatic heterocycles. The highest BCUT2D eigenvalue weighted by Crippen LogP contribution is 2.31. The van der Waals surface area contributed by atoms with Crippen molar-refractivity contribution in [2.45, 2.75) is 32.4 Å². The average Bonchev–Trinajstić information content (AvgIpc) is 3.64. The molecule has 0 aliphatic heterocycles. The van der Waals surface area contributed by atoms with Crippen LogP contribution >= 0.6 is 24.0 Å². The van der Waals surface area contributed by atoms with E-state index in [4.69, 9.17) is 14.2 Å². The summed E-state index contributed by atoms with van der Waals surface area (Å²) in [5, 5.41) is 17.2. The number of ether oxygens (including phenoxy) is 3. The van der Waals surface area contributed by atoms with E-state index in [9.17, 15) is 5.11 Å². The standard InChI is InChI=1S/C24H33N3O4.HI/c1-4-25-24(26-14-18-7-5-6-8-22(18)31-16-17-9-10-17)27-15-21(28)20-13-19(29-2)11-12-23(20)30-3;/h5-8,11-13,17,21,28H,4,9-10,14-16H2,1-3H3,(H2,25,26,27);1H. The number of hydrogen-bond acceptors (Lipinski definition) is 5. The maximum Gasteiger partial charge on any atom is 0.191 e. The molecule has 0 saturated heterocycles. The van der Waals surface area contributed by atoms with Crippen LogP contribution in [0.5, 0.6) is 17.2 Å². The SMILES string of the molecule is CCNC(=NCc1ccccc1OCC1CC1)NCC(O)c1cc(OC)ccc1OC.I. The van der Waals surface area contributed by atoms with Gasteiger partial charge in [0.15, 0.2) is 5.96 Å². The summed E-state index contributed by atoms with van der Waals surface area (Å²) in [5.74, 6) is 3.48. The van der Waals surface area contributed by atoms with Crippen molar-refractivity contribution in [3.05, 3.63) is 53.6 Å². The van der Waals surface area contributed by atoms with E-state index in [0.29, 0.717) is 42.0 Å². The Balaban J connectivity index is 0.00000363. The van der Waals surface area contributed by atoms with Crippen LogP contribution in [0.2, 0.25) is 0 Å². The first kappa shape index (κ1) is 26.1. The molecule has 0 heterocycles. The molecule has 1 aliphatic carbocycles. The monoisotopic (exact) mass is 555 g/mol. The maximum atomic E-state index is 10.7. The molecule has 32 heavy (non-hydrogen) atoms. The number of nitrogens with one attached hydrogen (secondary N) is 2. The van der Waals surface area contributed by atoms with E-state index >= 15 is 0 Å². The highest BCUT2D eigenvalue weighted by molar-refractivity contribution is 14.0. The van der Waals surface area contributed by atoms with Crippen LogP contribution in [0.3, 0.4) is 0 Å². The first-order valence-electron chi connectivity index (χ1n) is 10.8. The van der Waals surface area contributed by atoms with E-state index in [1.54, 1.807) is 32.4 Å². The van der Waals surface area contributed by atoms with E-state index in [1.807, 2.05) is 31.2 Å². The molecule has 1 unspecified atom stereocenters. The number of aliphatic hydroxyl groups excluding tert-OH is 1. The third kappa shape index (κ3) is 7.74. The van der Waals surface area contributed by atoms with E-state index in [1.165, 1.54) is 12.8 Å². The number of halogens is 1. The van der Waals surface area contributed by atoms with E-state index in [-0.39, 0.29) is 30.5 Å². The predicted octanol–water partition coefficient (Wildman–Crippen LogP) is 3.90. The Morgan fingerprint density at radius 3 is 2.56 bits per heavy atom. The fourth-order valence-corrected chi connectivity index (χ4v) is 3.18. The van der Waals surface area contributed by atoms with Gasteiger partial charge in [-0.2, -0.15) is 0 Å². The largest absolute Gasteiger partial charge is 0.497 e. The van der Waals surface area contributed by atoms with Gasteiger partial charge in [-0.1, -0.05) is 18.2 Å². The van der Waals surface area contributed by atoms with Crippen LogP contribution in [-0.2, 0) is 6.54 Å². The van der Waals surface area contributed by atoms with Crippen molar-refractivity contribution in [3.63, 3.8) is 0 Å². The van der Waals surface area contributed by atoms with Gasteiger partial charge in [-0.3, -0.25) is 0 Å². The zero-order chi connectivity index (χ0) is 22.1. The average molecular weight is 555 g/mol. The van der Waals surface area contributed by atoms with Crippen LogP contribution in [-0.4, -0.2) is 45.0 Å². The first-order valence-corrected chi connectivity index (χ1v) is 10.8. The Kier molecular flexibility index (Phi) is 10.9. The summed E-state index contributed by atoms with van der Waals surface area (Å²) in [5.41, 5.74) is 1.69. The Morgan fingerprint density at radius 2 is 1.88 bits per heavy atom. The van der Waals surface area contributed by atoms with Gasteiger partial charge in [0.05, 0.1) is 33.5 Å². The molecule has 1 saturated carbocycles. The number of guanidine groups is 1. The minimum absolute atomic E-state index is 0. The van der Waals surface area contributed by atoms with Crippen LogP contribution < -0.4 is 24.8 Å². The molecule has 1 fully saturated rings. The topological polar surface area (TPSA) is 84.3 Å². The quantitative estimate of drug-likeness (QED) is 0.222. The lowest BCUT2D eigenvalue weighted by atomic mass is 10.1. The van der Waals surface area contributed by atoms with Gasteiger partial charge in [0.25, 0.3) is 0 Å². The molecule has 0 bridgehead atoms. The van der Waals surface area contributed by atoms with Crippen LogP contribution in [0.15, 0.2) is 47.5 Å². The Bertz CT molecular complexity index is 874. The lowest BCUT2D eigenvalue weighted by molar-refractivity contribution is 0.176. The molecule has 7 nitrogen and oxygen atoms in total. The van der Waals surface area contributed by atoms with E-state index in [2.05, 4.69) is 15.6 Å². The predicted molar refractivity (Wildman–Crippen MR) is 137 cm³/mol. The van der Waals surface area contributed by atoms with Gasteiger partial charge < -0.3 is 30.0 Å². The highest BCUT2D eigenvalue weighted by Gasteiger charge is 2.22. The summed E-state index contributed by atoms with van der Waals surface area (Å²) in [6.07, 6.45) is 1.73. The number of aliphatic hydroxyl groups is 1. The minimum atomic E-state index is -0.789. The van der Waals surface area contributed by atoms with E-state index < -0.39 is 6.10 Å². The Hall–Kier alpha value is -2.20. The van der Waals surface area contributed by atoms with Crippen molar-refractivity contribution >= 4 is 29.9 Å². The fourth-order valence-electron chi connectivity index (χ4n) is 3.18. The van der Waals surface area contributed by atoms with E-state index in [0.717, 1.165) is 17.9 Å². The summed E-state index contributed by atoms with van der Waals surface area (Å²) in [4.78, 5) is 4.68. The second-order valence-electron chi connectivity index (χ2n) is 7.56. The number of para-hydroxylation sites is 1. The van der Waals surface area contributed by atoms with Gasteiger partial charge in [0.1, 0.15) is 17.2 Å². The van der Waals surface area contributed by atoms with Gasteiger partial charge in [0.2, 0.25) is 0 Å². The van der Waals surface area contributed by atoms with Gasteiger partial charge >= 0.3 is 0 Å². The highest BCUT2D eigenvalue weighted by atomic mass is 127. The molecule has 0 amide bonds. The zero-order valence-corrected chi connectivity index (χ0v) is 21.3. The minimum Gasteiger partial charge on any atom is -0.497 e. The summed E-state index contributed by atoms with van der Waals surface area (Å²) >= 11 is 0. The molecular weight excluding hydrogens is 521 g/mol. The van der Waals surface area contributed by atoms with Crippen molar-refractivity contribution in [1.29, 1.82) is 0 Å². The molecular formula is C24H34IN3O4. The van der Waals surface area contributed by atoms with Crippen molar-refractivity contribution < 1.29 is 19.3 Å². The van der Waals surface area contributed by atoms with Gasteiger partial charge in [-0.25, -0.2) is 4.99 Å². The number of methoxy groups -OCH3 is 2. The molecule has 2 aromatic carbocycles. The second kappa shape index (κ2) is 13.4. The normalized spacial score (nSPS) is 14.2. The number of nitrogens with zero attached hydrogens (tertiary/aromatic N) is 1. The Labute approximate surface area is 207 Å². The van der Waals surface area contributed by atoms with Crippen LogP contribution in [0.1, 0.15) is 37.0 Å². The summed E-state index contributed by atoms with van der Waals surface area (Å²) < 4.78 is 16.6. The van der Waals surface area contributed by atoms with Gasteiger partial charge in [-0.15, -0.1) is 24.0 Å². The molecule has 3 rings (SSSR count). The van der Waals surface area contributed by atoms with Crippen LogP contribution in [0.4, 0.5) is 0 Å². The van der Waals surface area contributed by atoms with Crippen molar-refractivity contribution in [2.24, 2.45) is 10.9 Å². The number of rotatable bonds is 11. The third-order valence-electron chi connectivity index (χ3n) is 5.15. The molecule has 0 spiro atoms. The fraction of sp³-hybridized carbons (Fsp3) is 0.458. The molecule has 3 N–H and O–H groups in total. The first-order chi connectivity index (χ1) is 15.1. The van der Waals surface area contributed by atoms with Crippen LogP contribution in [0.25, 0.3) is 0 Å². The number of benzene rings is 2. The molecule has 1 atom stereocenters. The van der Waals surface area contributed by atoms with Crippen molar-refractivity contribution in [2.75, 3.05) is 33.9 Å². The molecule has 1 aliphatic rings. The smallest absolute Gasteiger partial charge is 0.191 e. The lowest BCUT2D eigenvalue weighted by Crippen LogP contribution is -2.39. The van der Waals surface area contributed by atoms with Crippen LogP contribution in [0, 0.1) is 5.92 Å².